The molecule has 2 amide bonds. The zero-order chi connectivity index (χ0) is 25.6. The van der Waals surface area contributed by atoms with Crippen molar-refractivity contribution in [2.24, 2.45) is 0 Å². The summed E-state index contributed by atoms with van der Waals surface area (Å²) in [6.45, 7) is 5.59. The van der Waals surface area contributed by atoms with Gasteiger partial charge in [0.15, 0.2) is 12.4 Å². The molecule has 0 unspecified atom stereocenters. The molecular weight excluding hydrogens is 476 g/mol. The average Bonchev–Trinajstić information content (AvgIpc) is 3.30. The van der Waals surface area contributed by atoms with Crippen LogP contribution in [-0.2, 0) is 16.0 Å². The Morgan fingerprint density at radius 1 is 0.972 bits per heavy atom. The van der Waals surface area contributed by atoms with Gasteiger partial charge in [0, 0.05) is 22.2 Å². The van der Waals surface area contributed by atoms with E-state index in [9.17, 15) is 14.7 Å². The lowest BCUT2D eigenvalue weighted by molar-refractivity contribution is -0.577. The fourth-order valence-corrected chi connectivity index (χ4v) is 4.54. The Bertz CT molecular complexity index is 1550. The van der Waals surface area contributed by atoms with Crippen molar-refractivity contribution >= 4 is 40.4 Å². The van der Waals surface area contributed by atoms with Crippen LogP contribution >= 0.6 is 11.6 Å². The normalized spacial score (nSPS) is 13.7. The molecule has 2 aromatic heterocycles. The third-order valence-electron chi connectivity index (χ3n) is 6.20. The van der Waals surface area contributed by atoms with Gasteiger partial charge < -0.3 is 5.11 Å². The van der Waals surface area contributed by atoms with Crippen LogP contribution in [-0.4, -0.2) is 21.6 Å². The van der Waals surface area contributed by atoms with Crippen LogP contribution in [0.25, 0.3) is 17.0 Å². The highest BCUT2D eigenvalue weighted by molar-refractivity contribution is 6.53. The first kappa shape index (κ1) is 23.5. The number of anilines is 1. The number of carbonyl (C=O) groups is 2. The van der Waals surface area contributed by atoms with Crippen LogP contribution in [0.4, 0.5) is 5.69 Å². The Balaban J connectivity index is 1.75. The number of hydrogen-bond donors (Lipinski definition) is 0. The minimum absolute atomic E-state index is 0.0228. The van der Waals surface area contributed by atoms with Gasteiger partial charge in [-0.15, -0.1) is 0 Å². The van der Waals surface area contributed by atoms with E-state index in [1.54, 1.807) is 60.3 Å². The molecule has 4 aromatic rings. The minimum Gasteiger partial charge on any atom is -0.858 e. The number of halogens is 1. The Morgan fingerprint density at radius 3 is 2.42 bits per heavy atom. The third-order valence-corrected chi connectivity index (χ3v) is 6.44. The van der Waals surface area contributed by atoms with Crippen molar-refractivity contribution in [2.75, 3.05) is 4.90 Å². The highest BCUT2D eigenvalue weighted by Crippen LogP contribution is 2.38. The molecule has 0 N–H and O–H groups in total. The minimum atomic E-state index is -0.570. The molecule has 0 fully saturated rings. The summed E-state index contributed by atoms with van der Waals surface area (Å²) >= 11 is 6.13. The van der Waals surface area contributed by atoms with Gasteiger partial charge in [-0.1, -0.05) is 42.3 Å². The van der Waals surface area contributed by atoms with Crippen molar-refractivity contribution in [3.8, 4) is 11.6 Å². The van der Waals surface area contributed by atoms with Gasteiger partial charge in [0.25, 0.3) is 11.6 Å². The maximum atomic E-state index is 13.9. The molecule has 0 atom stereocenters. The number of rotatable bonds is 5. The van der Waals surface area contributed by atoms with E-state index < -0.39 is 17.7 Å². The van der Waals surface area contributed by atoms with Gasteiger partial charge in [0.05, 0.1) is 17.1 Å². The van der Waals surface area contributed by atoms with E-state index in [0.29, 0.717) is 22.1 Å². The van der Waals surface area contributed by atoms with Gasteiger partial charge in [-0.3, -0.25) is 9.59 Å². The van der Waals surface area contributed by atoms with E-state index in [0.717, 1.165) is 22.4 Å². The number of aromatic nitrogens is 3. The monoisotopic (exact) mass is 498 g/mol. The summed E-state index contributed by atoms with van der Waals surface area (Å²) < 4.78 is 2.83. The predicted octanol–water partition coefficient (Wildman–Crippen LogP) is 4.01. The molecule has 5 rings (SSSR count). The average molecular weight is 499 g/mol. The Labute approximate surface area is 213 Å². The molecule has 0 radical (unpaired) electrons. The van der Waals surface area contributed by atoms with Crippen molar-refractivity contribution in [2.45, 2.75) is 27.2 Å². The van der Waals surface area contributed by atoms with Gasteiger partial charge >= 0.3 is 5.91 Å². The molecule has 0 bridgehead atoms. The molecule has 8 heteroatoms. The first-order valence-corrected chi connectivity index (χ1v) is 11.9. The van der Waals surface area contributed by atoms with Crippen molar-refractivity contribution in [3.05, 3.63) is 100 Å². The summed E-state index contributed by atoms with van der Waals surface area (Å²) in [5.41, 5.74) is 3.44. The fraction of sp³-hybridized carbons (Fsp3) is 0.143. The molecule has 180 valence electrons. The highest BCUT2D eigenvalue weighted by atomic mass is 35.5. The second kappa shape index (κ2) is 9.09. The standard InChI is InChI=1S/C28H23ClN4O3/c1-4-19-7-6-14-31(16-19)25-24(26(34)32(28(25)36)21-12-10-17(2)11-13-21)23-18(3)30-33(27(23)35)22-9-5-8-20(29)15-22/h5-16H,4H2,1-3H3. The number of aryl methyl sites for hydroxylation is 3. The van der Waals surface area contributed by atoms with Crippen LogP contribution in [0, 0.1) is 13.8 Å². The smallest absolute Gasteiger partial charge is 0.331 e. The fourth-order valence-electron chi connectivity index (χ4n) is 4.36. The number of amides is 2. The molecule has 0 spiro atoms. The summed E-state index contributed by atoms with van der Waals surface area (Å²) in [7, 11) is 0. The van der Waals surface area contributed by atoms with E-state index in [2.05, 4.69) is 5.10 Å². The van der Waals surface area contributed by atoms with Crippen LogP contribution < -0.4 is 14.6 Å². The van der Waals surface area contributed by atoms with Gasteiger partial charge in [-0.05, 0) is 62.5 Å². The lowest BCUT2D eigenvalue weighted by Gasteiger charge is -2.15. The SMILES string of the molecule is CCc1ccc[n+](C2=C(c3c(C)nn(-c4cccc(Cl)c4)c3[O-])C(=O)N(c3ccc(C)cc3)C2=O)c1. The Hall–Kier alpha value is -4.23. The van der Waals surface area contributed by atoms with E-state index in [-0.39, 0.29) is 16.8 Å². The van der Waals surface area contributed by atoms with Crippen LogP contribution in [0.2, 0.25) is 5.02 Å². The molecule has 7 nitrogen and oxygen atoms in total. The zero-order valence-electron chi connectivity index (χ0n) is 20.0. The van der Waals surface area contributed by atoms with E-state index in [1.165, 1.54) is 4.68 Å². The molecule has 1 aliphatic rings. The molecule has 0 saturated carbocycles. The number of benzene rings is 2. The lowest BCUT2D eigenvalue weighted by atomic mass is 10.0. The maximum Gasteiger partial charge on any atom is 0.331 e. The molecule has 36 heavy (non-hydrogen) atoms. The largest absolute Gasteiger partial charge is 0.858 e. The van der Waals surface area contributed by atoms with Crippen LogP contribution in [0.3, 0.4) is 0 Å². The van der Waals surface area contributed by atoms with Crippen molar-refractivity contribution < 1.29 is 19.3 Å². The highest BCUT2D eigenvalue weighted by Gasteiger charge is 2.47. The second-order valence-corrected chi connectivity index (χ2v) is 9.07. The number of carbonyl (C=O) groups excluding carboxylic acids is 2. The molecular formula is C28H23ClN4O3. The maximum absolute atomic E-state index is 13.9. The quantitative estimate of drug-likeness (QED) is 0.307. The molecule has 1 aliphatic heterocycles. The topological polar surface area (TPSA) is 82.1 Å². The van der Waals surface area contributed by atoms with E-state index >= 15 is 0 Å². The van der Waals surface area contributed by atoms with Crippen LogP contribution in [0.1, 0.15) is 29.3 Å². The van der Waals surface area contributed by atoms with Gasteiger partial charge in [-0.25, -0.2) is 9.58 Å². The van der Waals surface area contributed by atoms with E-state index in [4.69, 9.17) is 11.6 Å². The van der Waals surface area contributed by atoms with Crippen molar-refractivity contribution in [1.82, 2.24) is 9.78 Å². The summed E-state index contributed by atoms with van der Waals surface area (Å²) in [4.78, 5) is 28.8. The predicted molar refractivity (Wildman–Crippen MR) is 136 cm³/mol. The zero-order valence-corrected chi connectivity index (χ0v) is 20.8. The first-order valence-electron chi connectivity index (χ1n) is 11.5. The van der Waals surface area contributed by atoms with Gasteiger partial charge in [0.2, 0.25) is 0 Å². The summed E-state index contributed by atoms with van der Waals surface area (Å²) in [6, 6.07) is 17.6. The van der Waals surface area contributed by atoms with Gasteiger partial charge in [-0.2, -0.15) is 9.67 Å². The second-order valence-electron chi connectivity index (χ2n) is 8.64. The Kier molecular flexibility index (Phi) is 5.94. The number of pyridine rings is 1. The number of hydrogen-bond acceptors (Lipinski definition) is 4. The summed E-state index contributed by atoms with van der Waals surface area (Å²) in [6.07, 6.45) is 4.26. The summed E-state index contributed by atoms with van der Waals surface area (Å²) in [5, 5.41) is 18.5. The van der Waals surface area contributed by atoms with Crippen LogP contribution in [0.15, 0.2) is 73.1 Å². The first-order chi connectivity index (χ1) is 17.3. The number of imide groups is 1. The van der Waals surface area contributed by atoms with Crippen molar-refractivity contribution in [3.63, 3.8) is 0 Å². The van der Waals surface area contributed by atoms with E-state index in [1.807, 2.05) is 38.1 Å². The third kappa shape index (κ3) is 3.87. The van der Waals surface area contributed by atoms with Crippen LogP contribution in [0.5, 0.6) is 5.88 Å². The lowest BCUT2D eigenvalue weighted by Crippen LogP contribution is -2.40. The molecule has 3 heterocycles. The van der Waals surface area contributed by atoms with Crippen molar-refractivity contribution in [1.29, 1.82) is 0 Å². The molecule has 2 aromatic carbocycles. The number of nitrogens with zero attached hydrogens (tertiary/aromatic N) is 4. The summed E-state index contributed by atoms with van der Waals surface area (Å²) in [5.74, 6) is -1.58. The van der Waals surface area contributed by atoms with Gasteiger partial charge in [0.1, 0.15) is 5.57 Å². The Morgan fingerprint density at radius 2 is 1.72 bits per heavy atom. The molecule has 0 saturated heterocycles. The molecule has 0 aliphatic carbocycles.